The monoisotopic (exact) mass is 172 g/mol. The van der Waals surface area contributed by atoms with Crippen molar-refractivity contribution in [1.29, 1.82) is 0 Å². The number of nitrogens with one attached hydrogen (secondary N) is 1. The van der Waals surface area contributed by atoms with Gasteiger partial charge < -0.3 is 0 Å². The maximum atomic E-state index is 4.01. The van der Waals surface area contributed by atoms with Gasteiger partial charge in [0.25, 0.3) is 0 Å². The van der Waals surface area contributed by atoms with Gasteiger partial charge in [-0.25, -0.2) is 0 Å². The van der Waals surface area contributed by atoms with Gasteiger partial charge in [0.15, 0.2) is 0 Å². The minimum Gasteiger partial charge on any atom is -0.282 e. The standard InChI is InChI=1S/C11H12N2/c1-8-5-3-4-6-10(8)11-7-12-13-9(11)2/h3-7H,1-2H3,(H,12,13). The molecule has 1 N–H and O–H groups in total. The first-order valence-corrected chi connectivity index (χ1v) is 4.35. The molecule has 0 spiro atoms. The lowest BCUT2D eigenvalue weighted by molar-refractivity contribution is 1.05. The van der Waals surface area contributed by atoms with Crippen LogP contribution in [0.3, 0.4) is 0 Å². The van der Waals surface area contributed by atoms with Gasteiger partial charge in [-0.15, -0.1) is 0 Å². The van der Waals surface area contributed by atoms with Gasteiger partial charge in [-0.05, 0) is 25.0 Å². The molecule has 0 atom stereocenters. The molecule has 2 nitrogen and oxygen atoms in total. The molecule has 0 aliphatic heterocycles. The van der Waals surface area contributed by atoms with Crippen LogP contribution in [-0.4, -0.2) is 10.2 Å². The second-order valence-corrected chi connectivity index (χ2v) is 3.22. The molecule has 1 heterocycles. The van der Waals surface area contributed by atoms with Crippen LogP contribution in [-0.2, 0) is 0 Å². The van der Waals surface area contributed by atoms with Gasteiger partial charge in [0.05, 0.1) is 6.20 Å². The maximum absolute atomic E-state index is 4.01. The van der Waals surface area contributed by atoms with Crippen molar-refractivity contribution in [2.24, 2.45) is 0 Å². The molecule has 0 saturated heterocycles. The molecule has 0 radical (unpaired) electrons. The van der Waals surface area contributed by atoms with E-state index in [1.165, 1.54) is 16.7 Å². The Morgan fingerprint density at radius 3 is 2.46 bits per heavy atom. The van der Waals surface area contributed by atoms with E-state index in [0.717, 1.165) is 5.69 Å². The van der Waals surface area contributed by atoms with Crippen molar-refractivity contribution in [2.45, 2.75) is 13.8 Å². The van der Waals surface area contributed by atoms with Crippen LogP contribution in [0.2, 0.25) is 0 Å². The summed E-state index contributed by atoms with van der Waals surface area (Å²) in [4.78, 5) is 0. The minimum absolute atomic E-state index is 1.12. The third-order valence-corrected chi connectivity index (χ3v) is 2.27. The van der Waals surface area contributed by atoms with E-state index in [9.17, 15) is 0 Å². The number of H-pyrrole nitrogens is 1. The number of hydrogen-bond acceptors (Lipinski definition) is 1. The van der Waals surface area contributed by atoms with E-state index in [1.807, 2.05) is 19.2 Å². The normalized spacial score (nSPS) is 10.3. The second-order valence-electron chi connectivity index (χ2n) is 3.22. The lowest BCUT2D eigenvalue weighted by Gasteiger charge is -2.02. The number of nitrogens with zero attached hydrogens (tertiary/aromatic N) is 1. The van der Waals surface area contributed by atoms with Crippen LogP contribution in [0.4, 0.5) is 0 Å². The van der Waals surface area contributed by atoms with E-state index in [1.54, 1.807) is 0 Å². The summed E-state index contributed by atoms with van der Waals surface area (Å²) < 4.78 is 0. The Morgan fingerprint density at radius 1 is 1.08 bits per heavy atom. The highest BCUT2D eigenvalue weighted by molar-refractivity contribution is 5.68. The molecule has 66 valence electrons. The fourth-order valence-electron chi connectivity index (χ4n) is 1.50. The van der Waals surface area contributed by atoms with Crippen molar-refractivity contribution < 1.29 is 0 Å². The average Bonchev–Trinajstić information content (AvgIpc) is 2.52. The topological polar surface area (TPSA) is 28.7 Å². The molecular formula is C11H12N2. The van der Waals surface area contributed by atoms with Gasteiger partial charge in [0.2, 0.25) is 0 Å². The van der Waals surface area contributed by atoms with E-state index in [2.05, 4.69) is 35.3 Å². The van der Waals surface area contributed by atoms with Crippen molar-refractivity contribution in [2.75, 3.05) is 0 Å². The zero-order chi connectivity index (χ0) is 9.26. The first kappa shape index (κ1) is 8.05. The van der Waals surface area contributed by atoms with Gasteiger partial charge in [-0.3, -0.25) is 5.10 Å². The fraction of sp³-hybridized carbons (Fsp3) is 0.182. The van der Waals surface area contributed by atoms with E-state index in [0.29, 0.717) is 0 Å². The molecule has 1 aromatic heterocycles. The van der Waals surface area contributed by atoms with Crippen LogP contribution in [0.15, 0.2) is 30.5 Å². The number of aromatic nitrogens is 2. The molecule has 0 bridgehead atoms. The molecule has 0 saturated carbocycles. The van der Waals surface area contributed by atoms with E-state index in [-0.39, 0.29) is 0 Å². The minimum atomic E-state index is 1.12. The Labute approximate surface area is 77.6 Å². The summed E-state index contributed by atoms with van der Waals surface area (Å²) >= 11 is 0. The van der Waals surface area contributed by atoms with Crippen LogP contribution < -0.4 is 0 Å². The van der Waals surface area contributed by atoms with Crippen molar-refractivity contribution in [1.82, 2.24) is 10.2 Å². The molecule has 1 aromatic carbocycles. The van der Waals surface area contributed by atoms with Gasteiger partial charge in [-0.1, -0.05) is 24.3 Å². The molecule has 13 heavy (non-hydrogen) atoms. The summed E-state index contributed by atoms with van der Waals surface area (Å²) in [5, 5.41) is 6.96. The number of benzene rings is 1. The second kappa shape index (κ2) is 3.05. The van der Waals surface area contributed by atoms with Crippen LogP contribution in [0.1, 0.15) is 11.3 Å². The SMILES string of the molecule is Cc1ccccc1-c1cn[nH]c1C. The van der Waals surface area contributed by atoms with Crippen LogP contribution in [0.25, 0.3) is 11.1 Å². The summed E-state index contributed by atoms with van der Waals surface area (Å²) in [7, 11) is 0. The lowest BCUT2D eigenvalue weighted by atomic mass is 10.0. The predicted molar refractivity (Wildman–Crippen MR) is 53.5 cm³/mol. The number of aryl methyl sites for hydroxylation is 2. The van der Waals surface area contributed by atoms with Crippen LogP contribution in [0.5, 0.6) is 0 Å². The molecule has 0 fully saturated rings. The van der Waals surface area contributed by atoms with Crippen LogP contribution >= 0.6 is 0 Å². The van der Waals surface area contributed by atoms with E-state index < -0.39 is 0 Å². The third-order valence-electron chi connectivity index (χ3n) is 2.27. The summed E-state index contributed by atoms with van der Waals surface area (Å²) in [6.07, 6.45) is 1.87. The molecule has 2 rings (SSSR count). The Hall–Kier alpha value is -1.57. The Morgan fingerprint density at radius 2 is 1.85 bits per heavy atom. The Kier molecular flexibility index (Phi) is 1.89. The first-order valence-electron chi connectivity index (χ1n) is 4.35. The largest absolute Gasteiger partial charge is 0.282 e. The molecule has 0 unspecified atom stereocenters. The lowest BCUT2D eigenvalue weighted by Crippen LogP contribution is -1.82. The summed E-state index contributed by atoms with van der Waals surface area (Å²) in [6.45, 7) is 4.15. The summed E-state index contributed by atoms with van der Waals surface area (Å²) in [5.74, 6) is 0. The predicted octanol–water partition coefficient (Wildman–Crippen LogP) is 2.69. The Balaban J connectivity index is 2.59. The van der Waals surface area contributed by atoms with Crippen molar-refractivity contribution in [3.63, 3.8) is 0 Å². The number of rotatable bonds is 1. The third kappa shape index (κ3) is 1.35. The molecule has 2 heteroatoms. The van der Waals surface area contributed by atoms with Crippen LogP contribution in [0, 0.1) is 13.8 Å². The van der Waals surface area contributed by atoms with Crippen molar-refractivity contribution >= 4 is 0 Å². The molecular weight excluding hydrogens is 160 g/mol. The first-order chi connectivity index (χ1) is 6.29. The van der Waals surface area contributed by atoms with Gasteiger partial charge in [0, 0.05) is 11.3 Å². The average molecular weight is 172 g/mol. The highest BCUT2D eigenvalue weighted by Gasteiger charge is 2.04. The highest BCUT2D eigenvalue weighted by atomic mass is 15.1. The fourth-order valence-corrected chi connectivity index (χ4v) is 1.50. The smallest absolute Gasteiger partial charge is 0.0568 e. The van der Waals surface area contributed by atoms with Crippen molar-refractivity contribution in [3.8, 4) is 11.1 Å². The number of aromatic amines is 1. The van der Waals surface area contributed by atoms with Gasteiger partial charge in [0.1, 0.15) is 0 Å². The zero-order valence-electron chi connectivity index (χ0n) is 7.83. The van der Waals surface area contributed by atoms with E-state index in [4.69, 9.17) is 0 Å². The molecule has 0 aliphatic carbocycles. The van der Waals surface area contributed by atoms with Gasteiger partial charge in [-0.2, -0.15) is 5.10 Å². The van der Waals surface area contributed by atoms with Gasteiger partial charge >= 0.3 is 0 Å². The highest BCUT2D eigenvalue weighted by Crippen LogP contribution is 2.24. The Bertz CT molecular complexity index is 416. The number of hydrogen-bond donors (Lipinski definition) is 1. The van der Waals surface area contributed by atoms with E-state index >= 15 is 0 Å². The van der Waals surface area contributed by atoms with Crippen molar-refractivity contribution in [3.05, 3.63) is 41.7 Å². The molecule has 0 aliphatic rings. The zero-order valence-corrected chi connectivity index (χ0v) is 7.83. The summed E-state index contributed by atoms with van der Waals surface area (Å²) in [5.41, 5.74) is 4.85. The molecule has 2 aromatic rings. The maximum Gasteiger partial charge on any atom is 0.0568 e. The molecule has 0 amide bonds. The quantitative estimate of drug-likeness (QED) is 0.704. The summed E-state index contributed by atoms with van der Waals surface area (Å²) in [6, 6.07) is 8.33.